The minimum Gasteiger partial charge on any atom is -0.322 e. The molecule has 0 aliphatic carbocycles. The molecule has 1 aliphatic heterocycles. The van der Waals surface area contributed by atoms with Crippen LogP contribution >= 0.6 is 11.8 Å². The van der Waals surface area contributed by atoms with Crippen LogP contribution in [-0.2, 0) is 21.9 Å². The number of nitrogens with zero attached hydrogens (tertiary/aromatic N) is 4. The largest absolute Gasteiger partial charge is 0.322 e. The minimum atomic E-state index is -3.48. The van der Waals surface area contributed by atoms with Crippen molar-refractivity contribution in [3.63, 3.8) is 0 Å². The molecular formula is C18H25N5O3S2. The first-order valence-corrected chi connectivity index (χ1v) is 11.5. The highest BCUT2D eigenvalue weighted by Crippen LogP contribution is 2.26. The van der Waals surface area contributed by atoms with E-state index >= 15 is 0 Å². The number of sulfonamides is 1. The number of aryl methyl sites for hydroxylation is 2. The Morgan fingerprint density at radius 3 is 2.46 bits per heavy atom. The highest BCUT2D eigenvalue weighted by Gasteiger charge is 2.27. The lowest BCUT2D eigenvalue weighted by Crippen LogP contribution is -2.28. The Morgan fingerprint density at radius 1 is 1.25 bits per heavy atom. The average molecular weight is 424 g/mol. The van der Waals surface area contributed by atoms with E-state index in [4.69, 9.17) is 0 Å². The Morgan fingerprint density at radius 2 is 1.93 bits per heavy atom. The molecule has 1 fully saturated rings. The number of hydrogen-bond donors (Lipinski definition) is 1. The summed E-state index contributed by atoms with van der Waals surface area (Å²) >= 11 is 1.28. The lowest BCUT2D eigenvalue weighted by Gasteiger charge is -2.15. The second kappa shape index (κ2) is 8.22. The molecule has 3 rings (SSSR count). The van der Waals surface area contributed by atoms with Gasteiger partial charge in [0.05, 0.1) is 27.4 Å². The molecule has 1 N–H and O–H groups in total. The number of amides is 1. The highest BCUT2D eigenvalue weighted by atomic mass is 32.2. The van der Waals surface area contributed by atoms with E-state index < -0.39 is 15.3 Å². The fourth-order valence-electron chi connectivity index (χ4n) is 3.08. The van der Waals surface area contributed by atoms with Gasteiger partial charge in [0.2, 0.25) is 15.9 Å². The predicted octanol–water partition coefficient (Wildman–Crippen LogP) is 2.34. The van der Waals surface area contributed by atoms with Crippen LogP contribution in [0.4, 0.5) is 5.69 Å². The SMILES string of the molecule is Cc1nn(C)c(C)c1NC(=O)[C@H](C)Sc1ccc(S(=O)(=O)N2CCCC2)cn1. The summed E-state index contributed by atoms with van der Waals surface area (Å²) < 4.78 is 28.3. The second-order valence-corrected chi connectivity index (χ2v) is 10.2. The Balaban J connectivity index is 1.65. The molecule has 1 amide bonds. The van der Waals surface area contributed by atoms with Gasteiger partial charge in [0, 0.05) is 26.3 Å². The molecule has 0 unspecified atom stereocenters. The number of thioether (sulfide) groups is 1. The topological polar surface area (TPSA) is 97.2 Å². The molecule has 3 heterocycles. The van der Waals surface area contributed by atoms with Gasteiger partial charge in [-0.25, -0.2) is 13.4 Å². The van der Waals surface area contributed by atoms with E-state index in [0.29, 0.717) is 18.1 Å². The summed E-state index contributed by atoms with van der Waals surface area (Å²) in [6, 6.07) is 3.21. The maximum Gasteiger partial charge on any atom is 0.244 e. The van der Waals surface area contributed by atoms with Crippen molar-refractivity contribution in [2.75, 3.05) is 18.4 Å². The number of rotatable bonds is 6. The van der Waals surface area contributed by atoms with Gasteiger partial charge >= 0.3 is 0 Å². The van der Waals surface area contributed by atoms with Crippen molar-refractivity contribution in [1.82, 2.24) is 19.1 Å². The van der Waals surface area contributed by atoms with Crippen molar-refractivity contribution in [2.24, 2.45) is 7.05 Å². The van der Waals surface area contributed by atoms with Gasteiger partial charge in [-0.2, -0.15) is 9.40 Å². The van der Waals surface area contributed by atoms with E-state index in [-0.39, 0.29) is 10.8 Å². The molecule has 2 aromatic rings. The molecule has 0 spiro atoms. The van der Waals surface area contributed by atoms with Crippen LogP contribution in [0, 0.1) is 13.8 Å². The molecule has 152 valence electrons. The van der Waals surface area contributed by atoms with E-state index in [0.717, 1.165) is 29.9 Å². The van der Waals surface area contributed by atoms with Gasteiger partial charge in [0.15, 0.2) is 0 Å². The summed E-state index contributed by atoms with van der Waals surface area (Å²) in [5.41, 5.74) is 2.37. The van der Waals surface area contributed by atoms with Gasteiger partial charge in [-0.3, -0.25) is 9.48 Å². The molecule has 2 aromatic heterocycles. The molecule has 10 heteroatoms. The monoisotopic (exact) mass is 423 g/mol. The first-order valence-electron chi connectivity index (χ1n) is 9.14. The molecule has 0 radical (unpaired) electrons. The first-order chi connectivity index (χ1) is 13.2. The fourth-order valence-corrected chi connectivity index (χ4v) is 5.33. The third kappa shape index (κ3) is 4.23. The Labute approximate surface area is 169 Å². The summed E-state index contributed by atoms with van der Waals surface area (Å²) in [6.45, 7) is 6.65. The van der Waals surface area contributed by atoms with Gasteiger partial charge in [0.1, 0.15) is 4.90 Å². The molecule has 0 aromatic carbocycles. The zero-order valence-corrected chi connectivity index (χ0v) is 18.1. The summed E-state index contributed by atoms with van der Waals surface area (Å²) in [6.07, 6.45) is 3.15. The standard InChI is InChI=1S/C18H25N5O3S2/c1-12-17(13(2)22(4)21-12)20-18(24)14(3)27-16-8-7-15(11-19-16)28(25,26)23-9-5-6-10-23/h7-8,11,14H,5-6,9-10H2,1-4H3,(H,20,24)/t14-/m0/s1. The quantitative estimate of drug-likeness (QED) is 0.716. The van der Waals surface area contributed by atoms with Crippen molar-refractivity contribution in [3.8, 4) is 0 Å². The summed E-state index contributed by atoms with van der Waals surface area (Å²) in [5, 5.41) is 7.42. The molecular weight excluding hydrogens is 398 g/mol. The summed E-state index contributed by atoms with van der Waals surface area (Å²) in [4.78, 5) is 17.0. The van der Waals surface area contributed by atoms with E-state index in [2.05, 4.69) is 15.4 Å². The maximum atomic E-state index is 12.6. The van der Waals surface area contributed by atoms with Crippen molar-refractivity contribution in [2.45, 2.75) is 48.8 Å². The molecule has 1 atom stereocenters. The zero-order chi connectivity index (χ0) is 20.5. The number of carbonyl (C=O) groups excluding carboxylic acids is 1. The van der Waals surface area contributed by atoms with Gasteiger partial charge in [-0.05, 0) is 45.7 Å². The lowest BCUT2D eigenvalue weighted by molar-refractivity contribution is -0.115. The number of aromatic nitrogens is 3. The van der Waals surface area contributed by atoms with Crippen LogP contribution in [0.1, 0.15) is 31.2 Å². The average Bonchev–Trinajstić information content (AvgIpc) is 3.27. The number of carbonyl (C=O) groups is 1. The van der Waals surface area contributed by atoms with Crippen molar-refractivity contribution < 1.29 is 13.2 Å². The smallest absolute Gasteiger partial charge is 0.244 e. The Kier molecular flexibility index (Phi) is 6.11. The Hall–Kier alpha value is -1.91. The van der Waals surface area contributed by atoms with Crippen molar-refractivity contribution in [1.29, 1.82) is 0 Å². The molecule has 28 heavy (non-hydrogen) atoms. The molecule has 8 nitrogen and oxygen atoms in total. The van der Waals surface area contributed by atoms with Crippen LogP contribution in [0.5, 0.6) is 0 Å². The van der Waals surface area contributed by atoms with Crippen LogP contribution < -0.4 is 5.32 Å². The van der Waals surface area contributed by atoms with Crippen LogP contribution in [0.25, 0.3) is 0 Å². The number of pyridine rings is 1. The highest BCUT2D eigenvalue weighted by molar-refractivity contribution is 8.00. The van der Waals surface area contributed by atoms with E-state index in [1.807, 2.05) is 20.9 Å². The molecule has 0 saturated carbocycles. The Bertz CT molecular complexity index is 964. The van der Waals surface area contributed by atoms with Crippen LogP contribution in [-0.4, -0.2) is 51.7 Å². The van der Waals surface area contributed by atoms with Gasteiger partial charge < -0.3 is 5.32 Å². The second-order valence-electron chi connectivity index (χ2n) is 6.86. The van der Waals surface area contributed by atoms with E-state index in [9.17, 15) is 13.2 Å². The van der Waals surface area contributed by atoms with Crippen LogP contribution in [0.15, 0.2) is 28.3 Å². The molecule has 0 bridgehead atoms. The van der Waals surface area contributed by atoms with Gasteiger partial charge in [-0.15, -0.1) is 0 Å². The summed E-state index contributed by atoms with van der Waals surface area (Å²) in [7, 11) is -1.64. The van der Waals surface area contributed by atoms with Gasteiger partial charge in [-0.1, -0.05) is 11.8 Å². The van der Waals surface area contributed by atoms with Crippen LogP contribution in [0.2, 0.25) is 0 Å². The summed E-state index contributed by atoms with van der Waals surface area (Å²) in [5.74, 6) is -0.153. The zero-order valence-electron chi connectivity index (χ0n) is 16.5. The minimum absolute atomic E-state index is 0.153. The van der Waals surface area contributed by atoms with E-state index in [1.54, 1.807) is 23.7 Å². The van der Waals surface area contributed by atoms with Crippen molar-refractivity contribution in [3.05, 3.63) is 29.7 Å². The normalized spacial score (nSPS) is 16.3. The van der Waals surface area contributed by atoms with Crippen LogP contribution in [0.3, 0.4) is 0 Å². The number of hydrogen-bond acceptors (Lipinski definition) is 6. The number of anilines is 1. The fraction of sp³-hybridized carbons (Fsp3) is 0.500. The van der Waals surface area contributed by atoms with Gasteiger partial charge in [0.25, 0.3) is 0 Å². The lowest BCUT2D eigenvalue weighted by atomic mass is 10.3. The third-order valence-electron chi connectivity index (χ3n) is 4.84. The first kappa shape index (κ1) is 20.8. The van der Waals surface area contributed by atoms with Crippen molar-refractivity contribution >= 4 is 33.4 Å². The number of nitrogens with one attached hydrogen (secondary N) is 1. The van der Waals surface area contributed by atoms with E-state index in [1.165, 1.54) is 22.3 Å². The molecule has 1 aliphatic rings. The maximum absolute atomic E-state index is 12.6. The predicted molar refractivity (Wildman–Crippen MR) is 109 cm³/mol. The third-order valence-corrected chi connectivity index (χ3v) is 7.77. The molecule has 1 saturated heterocycles.